The Bertz CT molecular complexity index is 690. The van der Waals surface area contributed by atoms with Crippen molar-refractivity contribution in [2.24, 2.45) is 0 Å². The summed E-state index contributed by atoms with van der Waals surface area (Å²) in [5.74, 6) is 0.152. The smallest absolute Gasteiger partial charge is 0.253 e. The zero-order chi connectivity index (χ0) is 16.2. The summed E-state index contributed by atoms with van der Waals surface area (Å²) < 4.78 is 0. The van der Waals surface area contributed by atoms with Crippen LogP contribution in [0.25, 0.3) is 10.8 Å². The van der Waals surface area contributed by atoms with Crippen molar-refractivity contribution in [2.75, 3.05) is 46.8 Å². The third-order valence-electron chi connectivity index (χ3n) is 4.61. The van der Waals surface area contributed by atoms with Crippen LogP contribution in [0.15, 0.2) is 36.4 Å². The minimum absolute atomic E-state index is 0.152. The molecule has 1 amide bonds. The zero-order valence-electron chi connectivity index (χ0n) is 14.0. The number of benzene rings is 2. The normalized spacial score (nSPS) is 16.0. The number of carbonyl (C=O) groups is 1. The molecule has 1 aliphatic heterocycles. The first-order valence-electron chi connectivity index (χ1n) is 8.32. The van der Waals surface area contributed by atoms with Crippen molar-refractivity contribution in [3.8, 4) is 0 Å². The van der Waals surface area contributed by atoms with E-state index in [1.807, 2.05) is 24.1 Å². The topological polar surface area (TPSA) is 35.6 Å². The lowest BCUT2D eigenvalue weighted by Crippen LogP contribution is -2.47. The van der Waals surface area contributed by atoms with Crippen molar-refractivity contribution in [3.05, 3.63) is 47.5 Å². The van der Waals surface area contributed by atoms with Crippen LogP contribution in [0.3, 0.4) is 0 Å². The Morgan fingerprint density at radius 3 is 2.48 bits per heavy atom. The minimum atomic E-state index is 0.152. The van der Waals surface area contributed by atoms with Gasteiger partial charge in [-0.25, -0.2) is 0 Å². The van der Waals surface area contributed by atoms with Gasteiger partial charge in [0.05, 0.1) is 0 Å². The van der Waals surface area contributed by atoms with Gasteiger partial charge in [0.25, 0.3) is 5.91 Å². The zero-order valence-corrected chi connectivity index (χ0v) is 14.0. The highest BCUT2D eigenvalue weighted by molar-refractivity contribution is 5.98. The average Bonchev–Trinajstić information content (AvgIpc) is 2.59. The van der Waals surface area contributed by atoms with Crippen LogP contribution < -0.4 is 5.32 Å². The maximum absolute atomic E-state index is 12.7. The number of likely N-dealkylation sites (N-methyl/N-ethyl adjacent to an activating group) is 2. The lowest BCUT2D eigenvalue weighted by molar-refractivity contribution is 0.0664. The molecule has 3 rings (SSSR count). The molecule has 0 bridgehead atoms. The van der Waals surface area contributed by atoms with Crippen molar-refractivity contribution in [1.29, 1.82) is 0 Å². The summed E-state index contributed by atoms with van der Waals surface area (Å²) in [5.41, 5.74) is 2.12. The third-order valence-corrected chi connectivity index (χ3v) is 4.61. The van der Waals surface area contributed by atoms with E-state index >= 15 is 0 Å². The predicted octanol–water partition coefficient (Wildman–Crippen LogP) is 1.99. The molecule has 0 aromatic heterocycles. The van der Waals surface area contributed by atoms with Crippen LogP contribution in [-0.2, 0) is 6.42 Å². The molecule has 4 heteroatoms. The Hall–Kier alpha value is -1.91. The number of nitrogens with one attached hydrogen (secondary N) is 1. The van der Waals surface area contributed by atoms with Crippen molar-refractivity contribution in [3.63, 3.8) is 0 Å². The quantitative estimate of drug-likeness (QED) is 0.938. The predicted molar refractivity (Wildman–Crippen MR) is 95.0 cm³/mol. The van der Waals surface area contributed by atoms with Gasteiger partial charge in [-0.05, 0) is 55.5 Å². The molecule has 1 heterocycles. The fraction of sp³-hybridized carbons (Fsp3) is 0.421. The molecular weight excluding hydrogens is 286 g/mol. The van der Waals surface area contributed by atoms with Gasteiger partial charge in [-0.15, -0.1) is 0 Å². The summed E-state index contributed by atoms with van der Waals surface area (Å²) in [7, 11) is 4.07. The molecule has 1 N–H and O–H groups in total. The van der Waals surface area contributed by atoms with Gasteiger partial charge in [-0.3, -0.25) is 4.79 Å². The van der Waals surface area contributed by atoms with Crippen LogP contribution in [0.4, 0.5) is 0 Å². The number of carbonyl (C=O) groups excluding carboxylic acids is 1. The molecule has 0 unspecified atom stereocenters. The average molecular weight is 311 g/mol. The van der Waals surface area contributed by atoms with E-state index in [0.29, 0.717) is 0 Å². The molecule has 1 aliphatic rings. The fourth-order valence-corrected chi connectivity index (χ4v) is 3.05. The maximum atomic E-state index is 12.7. The molecule has 0 atom stereocenters. The largest absolute Gasteiger partial charge is 0.336 e. The second-order valence-electron chi connectivity index (χ2n) is 6.35. The molecule has 4 nitrogen and oxygen atoms in total. The second-order valence-corrected chi connectivity index (χ2v) is 6.35. The van der Waals surface area contributed by atoms with Gasteiger partial charge in [0.2, 0.25) is 0 Å². The number of hydrogen-bond acceptors (Lipinski definition) is 3. The van der Waals surface area contributed by atoms with E-state index in [1.165, 1.54) is 10.9 Å². The van der Waals surface area contributed by atoms with Crippen LogP contribution in [0.1, 0.15) is 15.9 Å². The van der Waals surface area contributed by atoms with E-state index in [-0.39, 0.29) is 5.91 Å². The van der Waals surface area contributed by atoms with E-state index in [4.69, 9.17) is 0 Å². The highest BCUT2D eigenvalue weighted by atomic mass is 16.2. The van der Waals surface area contributed by atoms with Crippen LogP contribution in [-0.4, -0.2) is 62.5 Å². The standard InChI is InChI=1S/C19H25N3O/c1-20-8-7-15-3-4-17-14-18(6-5-16(17)13-15)19(23)22-11-9-21(2)10-12-22/h3-6,13-14,20H,7-12H2,1-2H3. The molecule has 23 heavy (non-hydrogen) atoms. The van der Waals surface area contributed by atoms with Gasteiger partial charge >= 0.3 is 0 Å². The summed E-state index contributed by atoms with van der Waals surface area (Å²) >= 11 is 0. The van der Waals surface area contributed by atoms with Crippen LogP contribution in [0, 0.1) is 0 Å². The fourth-order valence-electron chi connectivity index (χ4n) is 3.05. The van der Waals surface area contributed by atoms with Gasteiger partial charge in [0, 0.05) is 31.7 Å². The van der Waals surface area contributed by atoms with E-state index < -0.39 is 0 Å². The summed E-state index contributed by atoms with van der Waals surface area (Å²) in [6.07, 6.45) is 1.02. The first kappa shape index (κ1) is 16.0. The Kier molecular flexibility index (Phi) is 4.94. The molecule has 2 aromatic carbocycles. The Balaban J connectivity index is 1.78. The van der Waals surface area contributed by atoms with Gasteiger partial charge in [0.15, 0.2) is 0 Å². The molecule has 0 aliphatic carbocycles. The molecule has 122 valence electrons. The first-order chi connectivity index (χ1) is 11.2. The monoisotopic (exact) mass is 311 g/mol. The molecular formula is C19H25N3O. The van der Waals surface area contributed by atoms with Crippen LogP contribution >= 0.6 is 0 Å². The number of rotatable bonds is 4. The molecule has 1 fully saturated rings. The SMILES string of the molecule is CNCCc1ccc2cc(C(=O)N3CCN(C)CC3)ccc2c1. The van der Waals surface area contributed by atoms with Crippen molar-refractivity contribution >= 4 is 16.7 Å². The number of amides is 1. The molecule has 1 saturated heterocycles. The van der Waals surface area contributed by atoms with Gasteiger partial charge in [0.1, 0.15) is 0 Å². The maximum Gasteiger partial charge on any atom is 0.253 e. The summed E-state index contributed by atoms with van der Waals surface area (Å²) in [5, 5.41) is 5.51. The van der Waals surface area contributed by atoms with E-state index in [2.05, 4.69) is 41.5 Å². The number of nitrogens with zero attached hydrogens (tertiary/aromatic N) is 2. The summed E-state index contributed by atoms with van der Waals surface area (Å²) in [6.45, 7) is 4.51. The Labute approximate surface area is 138 Å². The lowest BCUT2D eigenvalue weighted by Gasteiger charge is -2.32. The van der Waals surface area contributed by atoms with Gasteiger partial charge in [-0.1, -0.05) is 24.3 Å². The molecule has 0 radical (unpaired) electrons. The number of fused-ring (bicyclic) bond motifs is 1. The number of piperazine rings is 1. The minimum Gasteiger partial charge on any atom is -0.336 e. The van der Waals surface area contributed by atoms with Crippen molar-refractivity contribution in [1.82, 2.24) is 15.1 Å². The van der Waals surface area contributed by atoms with Gasteiger partial charge < -0.3 is 15.1 Å². The van der Waals surface area contributed by atoms with E-state index in [0.717, 1.165) is 50.1 Å². The van der Waals surface area contributed by atoms with Crippen molar-refractivity contribution < 1.29 is 4.79 Å². The highest BCUT2D eigenvalue weighted by Crippen LogP contribution is 2.19. The van der Waals surface area contributed by atoms with E-state index in [9.17, 15) is 4.79 Å². The number of hydrogen-bond donors (Lipinski definition) is 1. The van der Waals surface area contributed by atoms with E-state index in [1.54, 1.807) is 0 Å². The molecule has 2 aromatic rings. The van der Waals surface area contributed by atoms with Gasteiger partial charge in [-0.2, -0.15) is 0 Å². The lowest BCUT2D eigenvalue weighted by atomic mass is 10.0. The highest BCUT2D eigenvalue weighted by Gasteiger charge is 2.20. The summed E-state index contributed by atoms with van der Waals surface area (Å²) in [4.78, 5) is 16.9. The molecule has 0 spiro atoms. The van der Waals surface area contributed by atoms with Crippen LogP contribution in [0.5, 0.6) is 0 Å². The van der Waals surface area contributed by atoms with Crippen LogP contribution in [0.2, 0.25) is 0 Å². The third kappa shape index (κ3) is 3.71. The Morgan fingerprint density at radius 2 is 1.74 bits per heavy atom. The summed E-state index contributed by atoms with van der Waals surface area (Å²) in [6, 6.07) is 12.6. The first-order valence-corrected chi connectivity index (χ1v) is 8.32. The van der Waals surface area contributed by atoms with Crippen molar-refractivity contribution in [2.45, 2.75) is 6.42 Å². The molecule has 0 saturated carbocycles. The second kappa shape index (κ2) is 7.11. The Morgan fingerprint density at radius 1 is 1.04 bits per heavy atom.